The minimum absolute atomic E-state index is 0.108. The topological polar surface area (TPSA) is 70.1 Å². The number of esters is 1. The molecule has 2 atom stereocenters. The summed E-state index contributed by atoms with van der Waals surface area (Å²) in [6, 6.07) is 9.73. The van der Waals surface area contributed by atoms with Gasteiger partial charge in [0.05, 0.1) is 6.61 Å². The first-order valence-corrected chi connectivity index (χ1v) is 8.05. The van der Waals surface area contributed by atoms with Crippen LogP contribution < -0.4 is 0 Å². The fourth-order valence-electron chi connectivity index (χ4n) is 3.55. The summed E-state index contributed by atoms with van der Waals surface area (Å²) in [6.07, 6.45) is 0.584. The summed E-state index contributed by atoms with van der Waals surface area (Å²) in [5.41, 5.74) is 1.03. The SMILES string of the molecule is CCOC(=O)C1CCC(=O)N2CCN(Cc3ccccc3)C12O. The Morgan fingerprint density at radius 2 is 2.09 bits per heavy atom. The average molecular weight is 318 g/mol. The second kappa shape index (κ2) is 6.29. The zero-order valence-electron chi connectivity index (χ0n) is 13.3. The summed E-state index contributed by atoms with van der Waals surface area (Å²) in [7, 11) is 0. The second-order valence-electron chi connectivity index (χ2n) is 5.98. The first-order chi connectivity index (χ1) is 11.1. The number of piperidine rings is 1. The molecule has 124 valence electrons. The summed E-state index contributed by atoms with van der Waals surface area (Å²) in [4.78, 5) is 27.7. The Morgan fingerprint density at radius 3 is 2.78 bits per heavy atom. The second-order valence-corrected chi connectivity index (χ2v) is 5.98. The summed E-state index contributed by atoms with van der Waals surface area (Å²) >= 11 is 0. The molecule has 3 rings (SSSR count). The van der Waals surface area contributed by atoms with Crippen molar-refractivity contribution < 1.29 is 19.4 Å². The van der Waals surface area contributed by atoms with E-state index in [2.05, 4.69) is 0 Å². The molecule has 6 nitrogen and oxygen atoms in total. The molecule has 2 aliphatic heterocycles. The Balaban J connectivity index is 1.89. The summed E-state index contributed by atoms with van der Waals surface area (Å²) < 4.78 is 5.12. The highest BCUT2D eigenvalue weighted by Gasteiger charge is 2.58. The maximum Gasteiger partial charge on any atom is 0.315 e. The van der Waals surface area contributed by atoms with Gasteiger partial charge in [0.1, 0.15) is 5.92 Å². The van der Waals surface area contributed by atoms with Crippen molar-refractivity contribution in [3.8, 4) is 0 Å². The van der Waals surface area contributed by atoms with E-state index in [9.17, 15) is 14.7 Å². The van der Waals surface area contributed by atoms with E-state index < -0.39 is 17.7 Å². The lowest BCUT2D eigenvalue weighted by atomic mass is 9.90. The largest absolute Gasteiger partial charge is 0.466 e. The van der Waals surface area contributed by atoms with Crippen molar-refractivity contribution >= 4 is 11.9 Å². The molecular formula is C17H22N2O4. The third kappa shape index (κ3) is 2.72. The lowest BCUT2D eigenvalue weighted by Crippen LogP contribution is -2.64. The highest BCUT2D eigenvalue weighted by atomic mass is 16.5. The normalized spacial score (nSPS) is 27.8. The molecule has 1 aromatic carbocycles. The number of amides is 1. The lowest BCUT2D eigenvalue weighted by Gasteiger charge is -2.46. The molecule has 1 amide bonds. The molecule has 2 heterocycles. The standard InChI is InChI=1S/C17H22N2O4/c1-2-23-16(21)14-8-9-15(20)19-11-10-18(17(14,19)22)12-13-6-4-3-5-7-13/h3-7,14,22H,2,8-12H2,1H3. The maximum atomic E-state index is 12.3. The van der Waals surface area contributed by atoms with Gasteiger partial charge in [0.15, 0.2) is 0 Å². The van der Waals surface area contributed by atoms with E-state index in [1.54, 1.807) is 11.8 Å². The molecule has 2 aliphatic rings. The quantitative estimate of drug-likeness (QED) is 0.837. The zero-order valence-corrected chi connectivity index (χ0v) is 13.3. The number of benzene rings is 1. The van der Waals surface area contributed by atoms with Gasteiger partial charge < -0.3 is 9.84 Å². The van der Waals surface area contributed by atoms with Gasteiger partial charge in [0.25, 0.3) is 0 Å². The van der Waals surface area contributed by atoms with Crippen LogP contribution in [0.1, 0.15) is 25.3 Å². The van der Waals surface area contributed by atoms with Crippen LogP contribution in [-0.2, 0) is 20.9 Å². The third-order valence-corrected chi connectivity index (χ3v) is 4.66. The number of aliphatic hydroxyl groups is 1. The Morgan fingerprint density at radius 1 is 1.35 bits per heavy atom. The Labute approximate surface area is 135 Å². The molecule has 0 radical (unpaired) electrons. The summed E-state index contributed by atoms with van der Waals surface area (Å²) in [5.74, 6) is -2.86. The number of hydrogen-bond donors (Lipinski definition) is 1. The molecular weight excluding hydrogens is 296 g/mol. The van der Waals surface area contributed by atoms with E-state index in [0.29, 0.717) is 26.1 Å². The van der Waals surface area contributed by atoms with E-state index in [0.717, 1.165) is 5.56 Å². The molecule has 1 N–H and O–H groups in total. The molecule has 23 heavy (non-hydrogen) atoms. The number of fused-ring (bicyclic) bond motifs is 1. The molecule has 0 saturated carbocycles. The van der Waals surface area contributed by atoms with Gasteiger partial charge in [-0.2, -0.15) is 0 Å². The van der Waals surface area contributed by atoms with Crippen molar-refractivity contribution in [1.29, 1.82) is 0 Å². The van der Waals surface area contributed by atoms with E-state index in [1.165, 1.54) is 4.90 Å². The van der Waals surface area contributed by atoms with Crippen molar-refractivity contribution in [1.82, 2.24) is 9.80 Å². The van der Waals surface area contributed by atoms with Gasteiger partial charge in [-0.05, 0) is 18.9 Å². The smallest absolute Gasteiger partial charge is 0.315 e. The van der Waals surface area contributed by atoms with Crippen LogP contribution in [0.25, 0.3) is 0 Å². The third-order valence-electron chi connectivity index (χ3n) is 4.66. The molecule has 2 fully saturated rings. The first kappa shape index (κ1) is 16.0. The minimum Gasteiger partial charge on any atom is -0.466 e. The highest BCUT2D eigenvalue weighted by molar-refractivity contribution is 5.83. The van der Waals surface area contributed by atoms with Gasteiger partial charge in [0.2, 0.25) is 11.8 Å². The van der Waals surface area contributed by atoms with Crippen LogP contribution >= 0.6 is 0 Å². The fourth-order valence-corrected chi connectivity index (χ4v) is 3.55. The minimum atomic E-state index is -1.59. The average Bonchev–Trinajstić information content (AvgIpc) is 2.87. The molecule has 6 heteroatoms. The lowest BCUT2D eigenvalue weighted by molar-refractivity contribution is -0.232. The van der Waals surface area contributed by atoms with Crippen molar-refractivity contribution in [3.63, 3.8) is 0 Å². The van der Waals surface area contributed by atoms with Crippen LogP contribution in [0.3, 0.4) is 0 Å². The number of hydrogen-bond acceptors (Lipinski definition) is 5. The van der Waals surface area contributed by atoms with Crippen molar-refractivity contribution in [2.75, 3.05) is 19.7 Å². The van der Waals surface area contributed by atoms with Gasteiger partial charge in [0, 0.05) is 26.1 Å². The monoisotopic (exact) mass is 318 g/mol. The van der Waals surface area contributed by atoms with E-state index in [1.807, 2.05) is 30.3 Å². The predicted molar refractivity (Wildman–Crippen MR) is 82.9 cm³/mol. The Hall–Kier alpha value is -1.92. The Bertz CT molecular complexity index is 592. The number of rotatable bonds is 4. The van der Waals surface area contributed by atoms with Crippen LogP contribution in [0.15, 0.2) is 30.3 Å². The van der Waals surface area contributed by atoms with Crippen LogP contribution in [0.4, 0.5) is 0 Å². The maximum absolute atomic E-state index is 12.3. The molecule has 0 aromatic heterocycles. The Kier molecular flexibility index (Phi) is 4.37. The van der Waals surface area contributed by atoms with Gasteiger partial charge in [-0.3, -0.25) is 19.4 Å². The summed E-state index contributed by atoms with van der Waals surface area (Å²) in [6.45, 7) is 3.45. The van der Waals surface area contributed by atoms with E-state index in [-0.39, 0.29) is 18.9 Å². The molecule has 2 unspecified atom stereocenters. The van der Waals surface area contributed by atoms with Crippen LogP contribution in [-0.4, -0.2) is 52.3 Å². The van der Waals surface area contributed by atoms with Crippen molar-refractivity contribution in [2.24, 2.45) is 5.92 Å². The zero-order chi connectivity index (χ0) is 16.4. The van der Waals surface area contributed by atoms with Gasteiger partial charge in [-0.25, -0.2) is 0 Å². The first-order valence-electron chi connectivity index (χ1n) is 8.05. The summed E-state index contributed by atoms with van der Waals surface area (Å²) in [5, 5.41) is 11.3. The number of carbonyl (C=O) groups is 2. The molecule has 0 spiro atoms. The number of ether oxygens (including phenoxy) is 1. The number of carbonyl (C=O) groups excluding carboxylic acids is 2. The van der Waals surface area contributed by atoms with Gasteiger partial charge >= 0.3 is 5.97 Å². The number of nitrogens with zero attached hydrogens (tertiary/aromatic N) is 2. The fraction of sp³-hybridized carbons (Fsp3) is 0.529. The van der Waals surface area contributed by atoms with Crippen LogP contribution in [0, 0.1) is 5.92 Å². The van der Waals surface area contributed by atoms with Gasteiger partial charge in [-0.1, -0.05) is 30.3 Å². The van der Waals surface area contributed by atoms with E-state index in [4.69, 9.17) is 4.74 Å². The van der Waals surface area contributed by atoms with Crippen molar-refractivity contribution in [3.05, 3.63) is 35.9 Å². The van der Waals surface area contributed by atoms with Gasteiger partial charge in [-0.15, -0.1) is 0 Å². The molecule has 0 bridgehead atoms. The predicted octanol–water partition coefficient (Wildman–Crippen LogP) is 0.950. The highest BCUT2D eigenvalue weighted by Crippen LogP contribution is 2.40. The molecule has 1 aromatic rings. The van der Waals surface area contributed by atoms with E-state index >= 15 is 0 Å². The molecule has 0 aliphatic carbocycles. The van der Waals surface area contributed by atoms with Crippen molar-refractivity contribution in [2.45, 2.75) is 32.2 Å². The molecule has 2 saturated heterocycles. The van der Waals surface area contributed by atoms with Crippen LogP contribution in [0.2, 0.25) is 0 Å². The van der Waals surface area contributed by atoms with Crippen LogP contribution in [0.5, 0.6) is 0 Å².